The molecule has 1 aromatic carbocycles. The average Bonchev–Trinajstić information content (AvgIpc) is 2.37. The summed E-state index contributed by atoms with van der Waals surface area (Å²) in [5, 5.41) is 13.2. The van der Waals surface area contributed by atoms with E-state index in [1.807, 2.05) is 6.92 Å². The Balaban J connectivity index is 1.85. The van der Waals surface area contributed by atoms with Gasteiger partial charge in [-0.2, -0.15) is 0 Å². The molecule has 1 fully saturated rings. The van der Waals surface area contributed by atoms with Crippen LogP contribution >= 0.6 is 0 Å². The smallest absolute Gasteiger partial charge is 0.126 e. The Morgan fingerprint density at radius 1 is 1.42 bits per heavy atom. The summed E-state index contributed by atoms with van der Waals surface area (Å²) in [6, 6.07) is 4.25. The van der Waals surface area contributed by atoms with Crippen molar-refractivity contribution in [2.75, 3.05) is 26.7 Å². The lowest BCUT2D eigenvalue weighted by molar-refractivity contribution is 0.213. The highest BCUT2D eigenvalue weighted by atomic mass is 19.1. The summed E-state index contributed by atoms with van der Waals surface area (Å²) in [5.41, 5.74) is 0.759. The van der Waals surface area contributed by atoms with Gasteiger partial charge < -0.3 is 15.3 Å². The number of likely N-dealkylation sites (tertiary alicyclic amines) is 1. The van der Waals surface area contributed by atoms with Gasteiger partial charge in [-0.15, -0.1) is 0 Å². The number of halogens is 1. The fourth-order valence-electron chi connectivity index (χ4n) is 2.60. The summed E-state index contributed by atoms with van der Waals surface area (Å²) in [7, 11) is 2.16. The zero-order valence-electron chi connectivity index (χ0n) is 11.7. The molecule has 0 bridgehead atoms. The summed E-state index contributed by atoms with van der Waals surface area (Å²) in [6.07, 6.45) is 2.43. The molecule has 1 aliphatic rings. The molecule has 1 aliphatic heterocycles. The van der Waals surface area contributed by atoms with Crippen molar-refractivity contribution < 1.29 is 9.50 Å². The second-order valence-electron chi connectivity index (χ2n) is 5.58. The van der Waals surface area contributed by atoms with E-state index in [9.17, 15) is 9.50 Å². The Kier molecular flexibility index (Phi) is 4.77. The molecule has 19 heavy (non-hydrogen) atoms. The number of aromatic hydroxyl groups is 1. The zero-order chi connectivity index (χ0) is 13.8. The SMILES string of the molecule is CC(NCC1CCN(C)CC1)c1ccc(F)cc1O. The molecule has 0 aliphatic carbocycles. The van der Waals surface area contributed by atoms with Gasteiger partial charge in [0, 0.05) is 17.7 Å². The summed E-state index contributed by atoms with van der Waals surface area (Å²) < 4.78 is 12.9. The number of nitrogens with zero attached hydrogens (tertiary/aromatic N) is 1. The third-order valence-electron chi connectivity index (χ3n) is 4.01. The molecular weight excluding hydrogens is 243 g/mol. The van der Waals surface area contributed by atoms with Gasteiger partial charge in [-0.05, 0) is 58.4 Å². The lowest BCUT2D eigenvalue weighted by Crippen LogP contribution is -2.35. The molecule has 2 rings (SSSR count). The minimum Gasteiger partial charge on any atom is -0.508 e. The average molecular weight is 266 g/mol. The first kappa shape index (κ1) is 14.3. The van der Waals surface area contributed by atoms with E-state index in [0.717, 1.165) is 25.2 Å². The normalized spacial score (nSPS) is 19.5. The van der Waals surface area contributed by atoms with Gasteiger partial charge in [0.25, 0.3) is 0 Å². The number of benzene rings is 1. The van der Waals surface area contributed by atoms with E-state index in [1.54, 1.807) is 6.07 Å². The highest BCUT2D eigenvalue weighted by Gasteiger charge is 2.18. The van der Waals surface area contributed by atoms with E-state index >= 15 is 0 Å². The van der Waals surface area contributed by atoms with Crippen molar-refractivity contribution in [3.63, 3.8) is 0 Å². The lowest BCUT2D eigenvalue weighted by Gasteiger charge is -2.30. The minimum absolute atomic E-state index is 0.0309. The van der Waals surface area contributed by atoms with Gasteiger partial charge in [-0.3, -0.25) is 0 Å². The van der Waals surface area contributed by atoms with Crippen LogP contribution in [0.15, 0.2) is 18.2 Å². The van der Waals surface area contributed by atoms with Crippen molar-refractivity contribution in [1.29, 1.82) is 0 Å². The third kappa shape index (κ3) is 3.91. The first-order valence-corrected chi connectivity index (χ1v) is 6.96. The van der Waals surface area contributed by atoms with Crippen molar-refractivity contribution >= 4 is 0 Å². The van der Waals surface area contributed by atoms with Gasteiger partial charge in [0.15, 0.2) is 0 Å². The first-order valence-electron chi connectivity index (χ1n) is 6.96. The van der Waals surface area contributed by atoms with E-state index in [4.69, 9.17) is 0 Å². The van der Waals surface area contributed by atoms with Crippen LogP contribution in [0.2, 0.25) is 0 Å². The molecular formula is C15H23FN2O. The van der Waals surface area contributed by atoms with Crippen molar-refractivity contribution in [3.8, 4) is 5.75 Å². The van der Waals surface area contributed by atoms with Gasteiger partial charge in [0.1, 0.15) is 11.6 Å². The van der Waals surface area contributed by atoms with Crippen LogP contribution < -0.4 is 5.32 Å². The van der Waals surface area contributed by atoms with E-state index in [0.29, 0.717) is 5.92 Å². The molecule has 0 radical (unpaired) electrons. The van der Waals surface area contributed by atoms with Crippen molar-refractivity contribution in [2.24, 2.45) is 5.92 Å². The summed E-state index contributed by atoms with van der Waals surface area (Å²) in [5.74, 6) is 0.327. The minimum atomic E-state index is -0.399. The largest absolute Gasteiger partial charge is 0.508 e. The van der Waals surface area contributed by atoms with Gasteiger partial charge in [0.05, 0.1) is 0 Å². The van der Waals surface area contributed by atoms with Crippen LogP contribution in [0.1, 0.15) is 31.4 Å². The highest BCUT2D eigenvalue weighted by molar-refractivity contribution is 5.34. The van der Waals surface area contributed by atoms with Crippen LogP contribution in [0, 0.1) is 11.7 Å². The van der Waals surface area contributed by atoms with Crippen molar-refractivity contribution in [1.82, 2.24) is 10.2 Å². The Morgan fingerprint density at radius 2 is 2.11 bits per heavy atom. The summed E-state index contributed by atoms with van der Waals surface area (Å²) in [6.45, 7) is 5.26. The number of hydrogen-bond acceptors (Lipinski definition) is 3. The second-order valence-corrected chi connectivity index (χ2v) is 5.58. The van der Waals surface area contributed by atoms with Crippen LogP contribution in [-0.4, -0.2) is 36.7 Å². The van der Waals surface area contributed by atoms with Crippen molar-refractivity contribution in [3.05, 3.63) is 29.6 Å². The Labute approximate surface area is 114 Å². The van der Waals surface area contributed by atoms with Gasteiger partial charge in [-0.1, -0.05) is 6.07 Å². The molecule has 1 saturated heterocycles. The molecule has 0 amide bonds. The van der Waals surface area contributed by atoms with E-state index < -0.39 is 5.82 Å². The van der Waals surface area contributed by atoms with Gasteiger partial charge >= 0.3 is 0 Å². The highest BCUT2D eigenvalue weighted by Crippen LogP contribution is 2.25. The van der Waals surface area contributed by atoms with Gasteiger partial charge in [0.2, 0.25) is 0 Å². The molecule has 0 saturated carbocycles. The molecule has 0 spiro atoms. The van der Waals surface area contributed by atoms with Gasteiger partial charge in [-0.25, -0.2) is 4.39 Å². The summed E-state index contributed by atoms with van der Waals surface area (Å²) in [4.78, 5) is 2.35. The fourth-order valence-corrected chi connectivity index (χ4v) is 2.60. The predicted molar refractivity (Wildman–Crippen MR) is 74.7 cm³/mol. The number of rotatable bonds is 4. The molecule has 1 atom stereocenters. The standard InChI is InChI=1S/C15H23FN2O/c1-11(14-4-3-13(16)9-15(14)19)17-10-12-5-7-18(2)8-6-12/h3-4,9,11-12,17,19H,5-8,10H2,1-2H3. The lowest BCUT2D eigenvalue weighted by atomic mass is 9.96. The Bertz CT molecular complexity index is 417. The topological polar surface area (TPSA) is 35.5 Å². The maximum absolute atomic E-state index is 12.9. The molecule has 1 heterocycles. The molecule has 0 aromatic heterocycles. The monoisotopic (exact) mass is 266 g/mol. The van der Waals surface area contributed by atoms with Crippen LogP contribution in [0.3, 0.4) is 0 Å². The zero-order valence-corrected chi connectivity index (χ0v) is 11.7. The number of phenols is 1. The van der Waals surface area contributed by atoms with E-state index in [-0.39, 0.29) is 11.8 Å². The van der Waals surface area contributed by atoms with Crippen LogP contribution in [0.4, 0.5) is 4.39 Å². The number of hydrogen-bond donors (Lipinski definition) is 2. The Morgan fingerprint density at radius 3 is 2.74 bits per heavy atom. The molecule has 106 valence electrons. The first-order chi connectivity index (χ1) is 9.06. The van der Waals surface area contributed by atoms with Crippen molar-refractivity contribution in [2.45, 2.75) is 25.8 Å². The second kappa shape index (κ2) is 6.35. The number of phenolic OH excluding ortho intramolecular Hbond substituents is 1. The van der Waals surface area contributed by atoms with Crippen LogP contribution in [-0.2, 0) is 0 Å². The molecule has 1 aromatic rings. The summed E-state index contributed by atoms with van der Waals surface area (Å²) >= 11 is 0. The van der Waals surface area contributed by atoms with Crippen LogP contribution in [0.5, 0.6) is 5.75 Å². The quantitative estimate of drug-likeness (QED) is 0.879. The third-order valence-corrected chi connectivity index (χ3v) is 4.01. The van der Waals surface area contributed by atoms with E-state index in [1.165, 1.54) is 25.0 Å². The predicted octanol–water partition coefficient (Wildman–Crippen LogP) is 2.52. The number of piperidine rings is 1. The fraction of sp³-hybridized carbons (Fsp3) is 0.600. The number of nitrogens with one attached hydrogen (secondary N) is 1. The van der Waals surface area contributed by atoms with Crippen LogP contribution in [0.25, 0.3) is 0 Å². The Hall–Kier alpha value is -1.13. The maximum Gasteiger partial charge on any atom is 0.126 e. The molecule has 4 heteroatoms. The molecule has 1 unspecified atom stereocenters. The maximum atomic E-state index is 12.9. The molecule has 3 nitrogen and oxygen atoms in total. The molecule has 2 N–H and O–H groups in total. The van der Waals surface area contributed by atoms with E-state index in [2.05, 4.69) is 17.3 Å².